The van der Waals surface area contributed by atoms with E-state index in [1.165, 1.54) is 11.1 Å². The van der Waals surface area contributed by atoms with Crippen LogP contribution in [-0.2, 0) is 4.79 Å². The molecule has 1 heterocycles. The zero-order valence-electron chi connectivity index (χ0n) is 8.21. The summed E-state index contributed by atoms with van der Waals surface area (Å²) in [6.07, 6.45) is 5.79. The van der Waals surface area contributed by atoms with Crippen LogP contribution in [0.2, 0.25) is 0 Å². The molecular formula is C11H15NO. The van der Waals surface area contributed by atoms with E-state index in [-0.39, 0.29) is 5.91 Å². The van der Waals surface area contributed by atoms with E-state index < -0.39 is 0 Å². The Morgan fingerprint density at radius 1 is 1.46 bits per heavy atom. The second kappa shape index (κ2) is 4.08. The number of likely N-dealkylation sites (tertiary alicyclic amines) is 1. The Balaban J connectivity index is 2.85. The van der Waals surface area contributed by atoms with Gasteiger partial charge in [0.1, 0.15) is 0 Å². The lowest BCUT2D eigenvalue weighted by atomic mass is 10.1. The summed E-state index contributed by atoms with van der Waals surface area (Å²) in [6, 6.07) is 0. The molecule has 1 fully saturated rings. The molecule has 1 aliphatic heterocycles. The van der Waals surface area contributed by atoms with Gasteiger partial charge in [-0.25, -0.2) is 0 Å². The minimum atomic E-state index is 0.131. The van der Waals surface area contributed by atoms with Crippen molar-refractivity contribution in [3.05, 3.63) is 36.0 Å². The van der Waals surface area contributed by atoms with Gasteiger partial charge in [0.15, 0.2) is 0 Å². The van der Waals surface area contributed by atoms with Crippen LogP contribution in [0.5, 0.6) is 0 Å². The maximum Gasteiger partial charge on any atom is 0.220 e. The highest BCUT2D eigenvalue weighted by molar-refractivity contribution is 5.75. The number of hydrogen-bond acceptors (Lipinski definition) is 1. The molecular weight excluding hydrogens is 162 g/mol. The molecule has 0 aliphatic carbocycles. The van der Waals surface area contributed by atoms with E-state index in [4.69, 9.17) is 0 Å². The number of hydrogen-bond donors (Lipinski definition) is 0. The van der Waals surface area contributed by atoms with E-state index in [0.29, 0.717) is 0 Å². The number of allylic oxidation sites excluding steroid dienone is 3. The third-order valence-electron chi connectivity index (χ3n) is 2.25. The molecule has 0 unspecified atom stereocenters. The smallest absolute Gasteiger partial charge is 0.220 e. The van der Waals surface area contributed by atoms with Crippen molar-refractivity contribution < 1.29 is 4.79 Å². The van der Waals surface area contributed by atoms with Crippen LogP contribution in [0.4, 0.5) is 0 Å². The summed E-state index contributed by atoms with van der Waals surface area (Å²) in [5, 5.41) is 0. The molecule has 0 aromatic heterocycles. The summed E-state index contributed by atoms with van der Waals surface area (Å²) in [7, 11) is 0. The Morgan fingerprint density at radius 3 is 2.54 bits per heavy atom. The minimum Gasteiger partial charge on any atom is -0.334 e. The zero-order chi connectivity index (χ0) is 9.84. The predicted octanol–water partition coefficient (Wildman–Crippen LogP) is 1.91. The van der Waals surface area contributed by atoms with Gasteiger partial charge in [-0.15, -0.1) is 0 Å². The minimum absolute atomic E-state index is 0.131. The SMILES string of the molecule is C=C/C=C1/CN(C(C)=O)C/C1=C/C. The van der Waals surface area contributed by atoms with Gasteiger partial charge in [-0.1, -0.05) is 24.8 Å². The Kier molecular flexibility index (Phi) is 3.07. The van der Waals surface area contributed by atoms with Gasteiger partial charge in [-0.05, 0) is 18.1 Å². The molecule has 13 heavy (non-hydrogen) atoms. The molecule has 1 amide bonds. The highest BCUT2D eigenvalue weighted by Gasteiger charge is 2.21. The first kappa shape index (κ1) is 9.78. The average Bonchev–Trinajstić information content (AvgIpc) is 2.48. The first-order valence-electron chi connectivity index (χ1n) is 4.41. The van der Waals surface area contributed by atoms with Crippen LogP contribution in [0.3, 0.4) is 0 Å². The van der Waals surface area contributed by atoms with Gasteiger partial charge in [-0.2, -0.15) is 0 Å². The van der Waals surface area contributed by atoms with Crippen molar-refractivity contribution in [2.75, 3.05) is 13.1 Å². The molecule has 0 N–H and O–H groups in total. The van der Waals surface area contributed by atoms with Crippen molar-refractivity contribution in [3.63, 3.8) is 0 Å². The standard InChI is InChI=1S/C11H15NO/c1-4-6-11-8-12(9(3)13)7-10(11)5-2/h4-6H,1,7-8H2,2-3H3/b10-5-,11-6-. The van der Waals surface area contributed by atoms with Crippen LogP contribution in [0.25, 0.3) is 0 Å². The largest absolute Gasteiger partial charge is 0.334 e. The highest BCUT2D eigenvalue weighted by atomic mass is 16.2. The van der Waals surface area contributed by atoms with Crippen LogP contribution in [0.1, 0.15) is 13.8 Å². The van der Waals surface area contributed by atoms with Crippen molar-refractivity contribution in [1.29, 1.82) is 0 Å². The summed E-state index contributed by atoms with van der Waals surface area (Å²) in [4.78, 5) is 12.9. The summed E-state index contributed by atoms with van der Waals surface area (Å²) >= 11 is 0. The van der Waals surface area contributed by atoms with E-state index in [2.05, 4.69) is 12.7 Å². The molecule has 1 rings (SSSR count). The fourth-order valence-corrected chi connectivity index (χ4v) is 1.47. The lowest BCUT2D eigenvalue weighted by Crippen LogP contribution is -2.24. The molecule has 0 aromatic carbocycles. The number of carbonyl (C=O) groups excluding carboxylic acids is 1. The van der Waals surface area contributed by atoms with E-state index in [1.807, 2.05) is 17.9 Å². The van der Waals surface area contributed by atoms with E-state index >= 15 is 0 Å². The monoisotopic (exact) mass is 177 g/mol. The molecule has 0 spiro atoms. The average molecular weight is 177 g/mol. The number of nitrogens with zero attached hydrogens (tertiary/aromatic N) is 1. The highest BCUT2D eigenvalue weighted by Crippen LogP contribution is 2.21. The van der Waals surface area contributed by atoms with Gasteiger partial charge in [0, 0.05) is 20.0 Å². The Morgan fingerprint density at radius 2 is 2.08 bits per heavy atom. The van der Waals surface area contributed by atoms with E-state index in [0.717, 1.165) is 13.1 Å². The van der Waals surface area contributed by atoms with Crippen molar-refractivity contribution >= 4 is 5.91 Å². The molecule has 0 saturated carbocycles. The molecule has 1 saturated heterocycles. The third-order valence-corrected chi connectivity index (χ3v) is 2.25. The summed E-state index contributed by atoms with van der Waals surface area (Å²) < 4.78 is 0. The van der Waals surface area contributed by atoms with Crippen LogP contribution >= 0.6 is 0 Å². The van der Waals surface area contributed by atoms with Gasteiger partial charge >= 0.3 is 0 Å². The van der Waals surface area contributed by atoms with Gasteiger partial charge < -0.3 is 4.90 Å². The quantitative estimate of drug-likeness (QED) is 0.599. The van der Waals surface area contributed by atoms with Gasteiger partial charge in [0.05, 0.1) is 0 Å². The van der Waals surface area contributed by atoms with Crippen molar-refractivity contribution in [1.82, 2.24) is 4.90 Å². The van der Waals surface area contributed by atoms with Crippen molar-refractivity contribution in [3.8, 4) is 0 Å². The number of amides is 1. The topological polar surface area (TPSA) is 20.3 Å². The lowest BCUT2D eigenvalue weighted by molar-refractivity contribution is -0.127. The van der Waals surface area contributed by atoms with Crippen LogP contribution in [0, 0.1) is 0 Å². The fraction of sp³-hybridized carbons (Fsp3) is 0.364. The number of rotatable bonds is 1. The van der Waals surface area contributed by atoms with Crippen LogP contribution in [0.15, 0.2) is 36.0 Å². The van der Waals surface area contributed by atoms with Crippen LogP contribution in [-0.4, -0.2) is 23.9 Å². The summed E-state index contributed by atoms with van der Waals surface area (Å²) in [6.45, 7) is 8.72. The Bertz CT molecular complexity index is 286. The normalized spacial score (nSPS) is 22.8. The third kappa shape index (κ3) is 2.08. The maximum absolute atomic E-state index is 11.1. The molecule has 0 aromatic rings. The number of carbonyl (C=O) groups is 1. The predicted molar refractivity (Wildman–Crippen MR) is 54.3 cm³/mol. The van der Waals surface area contributed by atoms with Crippen molar-refractivity contribution in [2.45, 2.75) is 13.8 Å². The Labute approximate surface area is 79.2 Å². The first-order valence-corrected chi connectivity index (χ1v) is 4.41. The molecule has 0 bridgehead atoms. The fourth-order valence-electron chi connectivity index (χ4n) is 1.47. The van der Waals surface area contributed by atoms with E-state index in [1.54, 1.807) is 13.0 Å². The molecule has 2 nitrogen and oxygen atoms in total. The Hall–Kier alpha value is -1.31. The van der Waals surface area contributed by atoms with Crippen LogP contribution < -0.4 is 0 Å². The molecule has 2 heteroatoms. The molecule has 0 atom stereocenters. The zero-order valence-corrected chi connectivity index (χ0v) is 8.21. The second-order valence-electron chi connectivity index (χ2n) is 3.12. The molecule has 1 aliphatic rings. The summed E-state index contributed by atoms with van der Waals surface area (Å²) in [5.74, 6) is 0.131. The van der Waals surface area contributed by atoms with Gasteiger partial charge in [0.25, 0.3) is 0 Å². The lowest BCUT2D eigenvalue weighted by Gasteiger charge is -2.10. The second-order valence-corrected chi connectivity index (χ2v) is 3.12. The summed E-state index contributed by atoms with van der Waals surface area (Å²) in [5.41, 5.74) is 2.43. The molecule has 70 valence electrons. The van der Waals surface area contributed by atoms with Gasteiger partial charge in [-0.3, -0.25) is 4.79 Å². The maximum atomic E-state index is 11.1. The van der Waals surface area contributed by atoms with E-state index in [9.17, 15) is 4.79 Å². The molecule has 0 radical (unpaired) electrons. The van der Waals surface area contributed by atoms with Gasteiger partial charge in [0.2, 0.25) is 5.91 Å². The van der Waals surface area contributed by atoms with Crippen molar-refractivity contribution in [2.24, 2.45) is 0 Å². The first-order chi connectivity index (χ1) is 6.19.